The van der Waals surface area contributed by atoms with Gasteiger partial charge in [0.05, 0.1) is 0 Å². The van der Waals surface area contributed by atoms with Crippen LogP contribution in [0.25, 0.3) is 0 Å². The van der Waals surface area contributed by atoms with Gasteiger partial charge >= 0.3 is 0 Å². The van der Waals surface area contributed by atoms with Crippen LogP contribution in [0, 0.1) is 5.92 Å². The molecule has 0 radical (unpaired) electrons. The number of ether oxygens (including phenoxy) is 3. The third-order valence-corrected chi connectivity index (χ3v) is 2.66. The highest BCUT2D eigenvalue weighted by Crippen LogP contribution is 2.26. The molecular weight excluding hydrogens is 184 g/mol. The van der Waals surface area contributed by atoms with E-state index in [2.05, 4.69) is 0 Å². The van der Waals surface area contributed by atoms with Crippen molar-refractivity contribution in [2.75, 3.05) is 27.9 Å². The average Bonchev–Trinajstić information content (AvgIpc) is 2.15. The van der Waals surface area contributed by atoms with Crippen LogP contribution in [0.5, 0.6) is 0 Å². The first-order valence-corrected chi connectivity index (χ1v) is 4.77. The molecule has 1 N–H and O–H groups in total. The molecule has 0 aliphatic heterocycles. The highest BCUT2D eigenvalue weighted by Gasteiger charge is 2.37. The van der Waals surface area contributed by atoms with E-state index in [1.165, 1.54) is 14.2 Å². The molecule has 0 bridgehead atoms. The van der Waals surface area contributed by atoms with Crippen molar-refractivity contribution in [3.8, 4) is 0 Å². The SMILES string of the molecule is COCCC(C)C(C)(O)C(OC)OC. The molecule has 0 saturated heterocycles. The summed E-state index contributed by atoms with van der Waals surface area (Å²) in [6.45, 7) is 4.28. The molecule has 2 atom stereocenters. The molecule has 86 valence electrons. The molecule has 4 heteroatoms. The summed E-state index contributed by atoms with van der Waals surface area (Å²) in [5.74, 6) is 0.0485. The van der Waals surface area contributed by atoms with Gasteiger partial charge in [-0.15, -0.1) is 0 Å². The Labute approximate surface area is 86.2 Å². The fourth-order valence-electron chi connectivity index (χ4n) is 1.39. The molecule has 0 aliphatic rings. The zero-order valence-corrected chi connectivity index (χ0v) is 9.74. The molecule has 0 heterocycles. The Morgan fingerprint density at radius 2 is 1.71 bits per heavy atom. The lowest BCUT2D eigenvalue weighted by molar-refractivity contribution is -0.226. The number of aliphatic hydroxyl groups is 1. The molecule has 0 aromatic carbocycles. The maximum atomic E-state index is 10.2. The Morgan fingerprint density at radius 1 is 1.21 bits per heavy atom. The quantitative estimate of drug-likeness (QED) is 0.632. The Balaban J connectivity index is 4.25. The van der Waals surface area contributed by atoms with Gasteiger partial charge in [0, 0.05) is 27.9 Å². The van der Waals surface area contributed by atoms with E-state index in [9.17, 15) is 5.11 Å². The molecule has 0 spiro atoms. The average molecular weight is 206 g/mol. The molecule has 2 unspecified atom stereocenters. The van der Waals surface area contributed by atoms with Crippen LogP contribution in [0.3, 0.4) is 0 Å². The van der Waals surface area contributed by atoms with Gasteiger partial charge in [0.2, 0.25) is 0 Å². The second kappa shape index (κ2) is 6.35. The monoisotopic (exact) mass is 206 g/mol. The van der Waals surface area contributed by atoms with E-state index in [0.29, 0.717) is 6.61 Å². The van der Waals surface area contributed by atoms with E-state index < -0.39 is 11.9 Å². The van der Waals surface area contributed by atoms with Crippen molar-refractivity contribution in [1.82, 2.24) is 0 Å². The van der Waals surface area contributed by atoms with Crippen LogP contribution in [0.15, 0.2) is 0 Å². The maximum absolute atomic E-state index is 10.2. The second-order valence-electron chi connectivity index (χ2n) is 3.71. The van der Waals surface area contributed by atoms with Crippen molar-refractivity contribution in [1.29, 1.82) is 0 Å². The van der Waals surface area contributed by atoms with Crippen LogP contribution in [0.2, 0.25) is 0 Å². The molecule has 0 rings (SSSR count). The summed E-state index contributed by atoms with van der Waals surface area (Å²) < 4.78 is 15.1. The van der Waals surface area contributed by atoms with Gasteiger partial charge in [0.15, 0.2) is 6.29 Å². The van der Waals surface area contributed by atoms with E-state index in [0.717, 1.165) is 6.42 Å². The first-order chi connectivity index (χ1) is 6.50. The second-order valence-corrected chi connectivity index (χ2v) is 3.71. The van der Waals surface area contributed by atoms with Gasteiger partial charge in [-0.05, 0) is 19.3 Å². The van der Waals surface area contributed by atoms with Gasteiger partial charge in [-0.25, -0.2) is 0 Å². The summed E-state index contributed by atoms with van der Waals surface area (Å²) in [5, 5.41) is 10.2. The zero-order chi connectivity index (χ0) is 11.2. The Bertz CT molecular complexity index is 143. The summed E-state index contributed by atoms with van der Waals surface area (Å²) in [4.78, 5) is 0. The van der Waals surface area contributed by atoms with Crippen molar-refractivity contribution >= 4 is 0 Å². The highest BCUT2D eigenvalue weighted by molar-refractivity contribution is 4.82. The van der Waals surface area contributed by atoms with E-state index >= 15 is 0 Å². The third-order valence-electron chi connectivity index (χ3n) is 2.66. The normalized spacial score (nSPS) is 18.2. The topological polar surface area (TPSA) is 47.9 Å². The Hall–Kier alpha value is -0.160. The van der Waals surface area contributed by atoms with Crippen LogP contribution < -0.4 is 0 Å². The van der Waals surface area contributed by atoms with Crippen LogP contribution in [0.4, 0.5) is 0 Å². The minimum absolute atomic E-state index is 0.0485. The minimum atomic E-state index is -0.998. The first-order valence-electron chi connectivity index (χ1n) is 4.77. The fraction of sp³-hybridized carbons (Fsp3) is 1.00. The van der Waals surface area contributed by atoms with Gasteiger partial charge in [-0.2, -0.15) is 0 Å². The summed E-state index contributed by atoms with van der Waals surface area (Å²) in [6, 6.07) is 0. The van der Waals surface area contributed by atoms with Gasteiger partial charge in [-0.3, -0.25) is 0 Å². The van der Waals surface area contributed by atoms with Crippen molar-refractivity contribution < 1.29 is 19.3 Å². The van der Waals surface area contributed by atoms with Crippen LogP contribution in [0.1, 0.15) is 20.3 Å². The summed E-state index contributed by atoms with van der Waals surface area (Å²) in [5.41, 5.74) is -0.998. The maximum Gasteiger partial charge on any atom is 0.185 e. The molecule has 0 saturated carbocycles. The van der Waals surface area contributed by atoms with Gasteiger partial charge in [0.25, 0.3) is 0 Å². The van der Waals surface area contributed by atoms with Gasteiger partial charge in [0.1, 0.15) is 5.60 Å². The molecule has 0 amide bonds. The van der Waals surface area contributed by atoms with E-state index in [4.69, 9.17) is 14.2 Å². The predicted molar refractivity (Wildman–Crippen MR) is 54.1 cm³/mol. The molecule has 0 fully saturated rings. The number of methoxy groups -OCH3 is 3. The minimum Gasteiger partial charge on any atom is -0.385 e. The lowest BCUT2D eigenvalue weighted by Gasteiger charge is -2.35. The smallest absolute Gasteiger partial charge is 0.185 e. The standard InChI is InChI=1S/C10H22O4/c1-8(6-7-12-3)10(2,11)9(13-4)14-5/h8-9,11H,6-7H2,1-5H3. The van der Waals surface area contributed by atoms with Crippen LogP contribution >= 0.6 is 0 Å². The van der Waals surface area contributed by atoms with Crippen molar-refractivity contribution in [3.63, 3.8) is 0 Å². The molecule has 0 aliphatic carbocycles. The van der Waals surface area contributed by atoms with Crippen molar-refractivity contribution in [2.45, 2.75) is 32.2 Å². The van der Waals surface area contributed by atoms with Crippen LogP contribution in [-0.4, -0.2) is 44.9 Å². The Morgan fingerprint density at radius 3 is 2.07 bits per heavy atom. The van der Waals surface area contributed by atoms with Crippen molar-refractivity contribution in [3.05, 3.63) is 0 Å². The molecular formula is C10H22O4. The number of hydrogen-bond acceptors (Lipinski definition) is 4. The lowest BCUT2D eigenvalue weighted by atomic mass is 9.87. The molecule has 4 nitrogen and oxygen atoms in total. The summed E-state index contributed by atoms with van der Waals surface area (Å²) >= 11 is 0. The summed E-state index contributed by atoms with van der Waals surface area (Å²) in [7, 11) is 4.68. The number of hydrogen-bond donors (Lipinski definition) is 1. The molecule has 0 aromatic heterocycles. The van der Waals surface area contributed by atoms with E-state index in [-0.39, 0.29) is 5.92 Å². The lowest BCUT2D eigenvalue weighted by Crippen LogP contribution is -2.47. The first kappa shape index (κ1) is 13.8. The highest BCUT2D eigenvalue weighted by atomic mass is 16.7. The van der Waals surface area contributed by atoms with Gasteiger partial charge < -0.3 is 19.3 Å². The van der Waals surface area contributed by atoms with Crippen LogP contribution in [-0.2, 0) is 14.2 Å². The fourth-order valence-corrected chi connectivity index (χ4v) is 1.39. The zero-order valence-electron chi connectivity index (χ0n) is 9.74. The molecule has 0 aromatic rings. The van der Waals surface area contributed by atoms with Crippen molar-refractivity contribution in [2.24, 2.45) is 5.92 Å². The Kier molecular flexibility index (Phi) is 6.27. The third kappa shape index (κ3) is 3.53. The predicted octanol–water partition coefficient (Wildman–Crippen LogP) is 1.03. The van der Waals surface area contributed by atoms with E-state index in [1.54, 1.807) is 14.0 Å². The molecule has 14 heavy (non-hydrogen) atoms. The van der Waals surface area contributed by atoms with Gasteiger partial charge in [-0.1, -0.05) is 6.92 Å². The number of rotatable bonds is 7. The summed E-state index contributed by atoms with van der Waals surface area (Å²) in [6.07, 6.45) is 0.168. The van der Waals surface area contributed by atoms with E-state index in [1.807, 2.05) is 6.92 Å². The largest absolute Gasteiger partial charge is 0.385 e.